The van der Waals surface area contributed by atoms with Crippen LogP contribution in [-0.2, 0) is 16.6 Å². The monoisotopic (exact) mass is 224 g/mol. The smallest absolute Gasteiger partial charge is 0.0487 e. The zero-order chi connectivity index (χ0) is 10.5. The van der Waals surface area contributed by atoms with E-state index in [1.807, 2.05) is 12.1 Å². The first-order valence-corrected chi connectivity index (χ1v) is 6.80. The van der Waals surface area contributed by atoms with E-state index in [0.29, 0.717) is 11.8 Å². The summed E-state index contributed by atoms with van der Waals surface area (Å²) in [5, 5.41) is 3.37. The Bertz CT molecular complexity index is 323. The lowest BCUT2D eigenvalue weighted by Gasteiger charge is -2.09. The van der Waals surface area contributed by atoms with E-state index in [-0.39, 0.29) is 0 Å². The van der Waals surface area contributed by atoms with Gasteiger partial charge in [-0.15, -0.1) is 0 Å². The first-order valence-electron chi connectivity index (χ1n) is 5.32. The molecule has 0 spiro atoms. The largest absolute Gasteiger partial charge is 0.313 e. The summed E-state index contributed by atoms with van der Waals surface area (Å²) in [6.45, 7) is 1.08. The summed E-state index contributed by atoms with van der Waals surface area (Å²) >= 11 is 0. The van der Waals surface area contributed by atoms with Crippen LogP contribution in [0.5, 0.6) is 0 Å². The number of hydrogen-bond donors (Lipinski definition) is 1. The lowest BCUT2D eigenvalue weighted by Crippen LogP contribution is -2.27. The van der Waals surface area contributed by atoms with Crippen molar-refractivity contribution in [2.75, 3.05) is 12.3 Å². The van der Waals surface area contributed by atoms with Gasteiger partial charge in [-0.25, -0.2) is 0 Å². The Morgan fingerprint density at radius 1 is 1.47 bits per heavy atom. The van der Waals surface area contributed by atoms with Gasteiger partial charge in [0.15, 0.2) is 0 Å². The fraction of sp³-hybridized carbons (Fsp3) is 0.545. The van der Waals surface area contributed by atoms with Crippen molar-refractivity contribution in [3.63, 3.8) is 0 Å². The van der Waals surface area contributed by atoms with Crippen LogP contribution < -0.4 is 5.32 Å². The molecule has 0 aromatic carbocycles. The van der Waals surface area contributed by atoms with Crippen molar-refractivity contribution < 1.29 is 4.21 Å². The maximum atomic E-state index is 11.8. The molecule has 0 amide bonds. The second-order valence-electron chi connectivity index (χ2n) is 3.90. The molecular formula is C11H16N2OS. The fourth-order valence-corrected chi connectivity index (χ4v) is 3.26. The van der Waals surface area contributed by atoms with Gasteiger partial charge in [-0.2, -0.15) is 0 Å². The SMILES string of the molecule is O=[S@@](Cc1ccncc1)C[C@@H]1CCCN1. The fourth-order valence-electron chi connectivity index (χ4n) is 1.85. The summed E-state index contributed by atoms with van der Waals surface area (Å²) in [7, 11) is -0.751. The zero-order valence-corrected chi connectivity index (χ0v) is 9.50. The Kier molecular flexibility index (Phi) is 3.86. The standard InChI is InChI=1S/C11H16N2OS/c14-15(9-11-2-1-5-13-11)8-10-3-6-12-7-4-10/h3-4,6-7,11,13H,1-2,5,8-9H2/t11-,15-/m0/s1. The van der Waals surface area contributed by atoms with Crippen molar-refractivity contribution in [2.45, 2.75) is 24.6 Å². The van der Waals surface area contributed by atoms with Gasteiger partial charge >= 0.3 is 0 Å². The van der Waals surface area contributed by atoms with Crippen LogP contribution in [0.4, 0.5) is 0 Å². The van der Waals surface area contributed by atoms with Crippen LogP contribution in [0.1, 0.15) is 18.4 Å². The predicted octanol–water partition coefficient (Wildman–Crippen LogP) is 1.08. The quantitative estimate of drug-likeness (QED) is 0.832. The average molecular weight is 224 g/mol. The molecule has 1 aliphatic heterocycles. The third kappa shape index (κ3) is 3.39. The molecule has 1 saturated heterocycles. The minimum atomic E-state index is -0.751. The van der Waals surface area contributed by atoms with Crippen LogP contribution in [-0.4, -0.2) is 27.5 Å². The molecule has 2 heterocycles. The van der Waals surface area contributed by atoms with Gasteiger partial charge in [-0.05, 0) is 37.1 Å². The highest BCUT2D eigenvalue weighted by atomic mass is 32.2. The van der Waals surface area contributed by atoms with Crippen LogP contribution in [0.3, 0.4) is 0 Å². The second-order valence-corrected chi connectivity index (χ2v) is 5.40. The highest BCUT2D eigenvalue weighted by Crippen LogP contribution is 2.09. The predicted molar refractivity (Wildman–Crippen MR) is 62.0 cm³/mol. The van der Waals surface area contributed by atoms with Gasteiger partial charge in [0, 0.05) is 40.7 Å². The molecule has 82 valence electrons. The van der Waals surface area contributed by atoms with Crippen molar-refractivity contribution in [2.24, 2.45) is 0 Å². The number of hydrogen-bond acceptors (Lipinski definition) is 3. The molecule has 0 radical (unpaired) electrons. The third-order valence-electron chi connectivity index (χ3n) is 2.63. The molecule has 0 aliphatic carbocycles. The van der Waals surface area contributed by atoms with Gasteiger partial charge in [0.2, 0.25) is 0 Å². The summed E-state index contributed by atoms with van der Waals surface area (Å²) in [6, 6.07) is 4.33. The molecular weight excluding hydrogens is 208 g/mol. The minimum Gasteiger partial charge on any atom is -0.313 e. The molecule has 2 rings (SSSR count). The molecule has 2 atom stereocenters. The average Bonchev–Trinajstić information content (AvgIpc) is 2.71. The maximum absolute atomic E-state index is 11.8. The number of pyridine rings is 1. The van der Waals surface area contributed by atoms with Crippen LogP contribution in [0.15, 0.2) is 24.5 Å². The van der Waals surface area contributed by atoms with E-state index in [1.165, 1.54) is 12.8 Å². The summed E-state index contributed by atoms with van der Waals surface area (Å²) in [5.41, 5.74) is 1.11. The molecule has 1 aliphatic rings. The first-order chi connectivity index (χ1) is 7.34. The topological polar surface area (TPSA) is 42.0 Å². The maximum Gasteiger partial charge on any atom is 0.0487 e. The van der Waals surface area contributed by atoms with Crippen LogP contribution in [0.2, 0.25) is 0 Å². The molecule has 0 saturated carbocycles. The Hall–Kier alpha value is -0.740. The van der Waals surface area contributed by atoms with Crippen LogP contribution in [0.25, 0.3) is 0 Å². The molecule has 4 heteroatoms. The van der Waals surface area contributed by atoms with Gasteiger partial charge < -0.3 is 5.32 Å². The van der Waals surface area contributed by atoms with E-state index in [4.69, 9.17) is 0 Å². The Balaban J connectivity index is 1.82. The van der Waals surface area contributed by atoms with E-state index in [0.717, 1.165) is 17.9 Å². The molecule has 1 fully saturated rings. The van der Waals surface area contributed by atoms with E-state index in [1.54, 1.807) is 12.4 Å². The Labute approximate surface area is 92.8 Å². The van der Waals surface area contributed by atoms with Crippen molar-refractivity contribution in [3.8, 4) is 0 Å². The number of nitrogens with zero attached hydrogens (tertiary/aromatic N) is 1. The molecule has 1 aromatic rings. The lowest BCUT2D eigenvalue weighted by atomic mass is 10.3. The molecule has 1 aromatic heterocycles. The van der Waals surface area contributed by atoms with Gasteiger partial charge in [-0.3, -0.25) is 9.19 Å². The minimum absolute atomic E-state index is 0.465. The molecule has 0 unspecified atom stereocenters. The van der Waals surface area contributed by atoms with Crippen molar-refractivity contribution >= 4 is 10.8 Å². The summed E-state index contributed by atoms with van der Waals surface area (Å²) in [4.78, 5) is 3.94. The number of nitrogens with one attached hydrogen (secondary N) is 1. The highest BCUT2D eigenvalue weighted by Gasteiger charge is 2.16. The normalized spacial score (nSPS) is 22.8. The van der Waals surface area contributed by atoms with Crippen LogP contribution in [0, 0.1) is 0 Å². The van der Waals surface area contributed by atoms with Crippen LogP contribution >= 0.6 is 0 Å². The van der Waals surface area contributed by atoms with Crippen molar-refractivity contribution in [3.05, 3.63) is 30.1 Å². The molecule has 3 nitrogen and oxygen atoms in total. The van der Waals surface area contributed by atoms with Gasteiger partial charge in [0.1, 0.15) is 0 Å². The molecule has 0 bridgehead atoms. The summed E-state index contributed by atoms with van der Waals surface area (Å²) in [6.07, 6.45) is 5.89. The van der Waals surface area contributed by atoms with E-state index in [9.17, 15) is 4.21 Å². The van der Waals surface area contributed by atoms with E-state index < -0.39 is 10.8 Å². The van der Waals surface area contributed by atoms with Crippen molar-refractivity contribution in [1.82, 2.24) is 10.3 Å². The number of aromatic nitrogens is 1. The Morgan fingerprint density at radius 2 is 2.27 bits per heavy atom. The molecule has 1 N–H and O–H groups in total. The molecule has 15 heavy (non-hydrogen) atoms. The second kappa shape index (κ2) is 5.37. The lowest BCUT2D eigenvalue weighted by molar-refractivity contribution is 0.643. The van der Waals surface area contributed by atoms with E-state index in [2.05, 4.69) is 10.3 Å². The van der Waals surface area contributed by atoms with Gasteiger partial charge in [0.25, 0.3) is 0 Å². The zero-order valence-electron chi connectivity index (χ0n) is 8.69. The Morgan fingerprint density at radius 3 is 2.93 bits per heavy atom. The van der Waals surface area contributed by atoms with Gasteiger partial charge in [-0.1, -0.05) is 0 Å². The highest BCUT2D eigenvalue weighted by molar-refractivity contribution is 7.84. The first kappa shape index (κ1) is 10.8. The summed E-state index contributed by atoms with van der Waals surface area (Å²) < 4.78 is 11.8. The van der Waals surface area contributed by atoms with Gasteiger partial charge in [0.05, 0.1) is 0 Å². The number of rotatable bonds is 4. The summed E-state index contributed by atoms with van der Waals surface area (Å²) in [5.74, 6) is 1.43. The van der Waals surface area contributed by atoms with E-state index >= 15 is 0 Å². The third-order valence-corrected chi connectivity index (χ3v) is 4.06. The van der Waals surface area contributed by atoms with Crippen molar-refractivity contribution in [1.29, 1.82) is 0 Å².